The van der Waals surface area contributed by atoms with E-state index in [1.165, 1.54) is 5.56 Å². The van der Waals surface area contributed by atoms with E-state index in [1.807, 2.05) is 51.1 Å². The van der Waals surface area contributed by atoms with Crippen molar-refractivity contribution < 1.29 is 4.79 Å². The maximum atomic E-state index is 11.9. The molecule has 4 heteroatoms. The predicted octanol–water partition coefficient (Wildman–Crippen LogP) is 3.72. The van der Waals surface area contributed by atoms with Gasteiger partial charge in [0.2, 0.25) is 5.91 Å². The highest BCUT2D eigenvalue weighted by atomic mass is 16.2. The average Bonchev–Trinajstić information content (AvgIpc) is 2.49. The Morgan fingerprint density at radius 1 is 1.09 bits per heavy atom. The van der Waals surface area contributed by atoms with Crippen molar-refractivity contribution in [1.29, 1.82) is 0 Å². The quantitative estimate of drug-likeness (QED) is 0.884. The van der Waals surface area contributed by atoms with Crippen LogP contribution in [0.3, 0.4) is 0 Å². The van der Waals surface area contributed by atoms with E-state index >= 15 is 0 Å². The largest absolute Gasteiger partial charge is 0.383 e. The van der Waals surface area contributed by atoms with Gasteiger partial charge < -0.3 is 10.6 Å². The number of rotatable bonds is 5. The summed E-state index contributed by atoms with van der Waals surface area (Å²) in [7, 11) is 0. The van der Waals surface area contributed by atoms with Gasteiger partial charge in [-0.1, -0.05) is 51.1 Å². The minimum absolute atomic E-state index is 0.0372. The Bertz CT molecular complexity index is 600. The van der Waals surface area contributed by atoms with Gasteiger partial charge in [0.05, 0.1) is 11.9 Å². The molecule has 116 valence electrons. The molecular formula is C18H23N3O. The molecule has 1 heterocycles. The highest BCUT2D eigenvalue weighted by Crippen LogP contribution is 2.17. The Kier molecular flexibility index (Phi) is 5.15. The molecule has 1 aromatic heterocycles. The van der Waals surface area contributed by atoms with E-state index in [9.17, 15) is 4.79 Å². The second kappa shape index (κ2) is 7.07. The van der Waals surface area contributed by atoms with Crippen LogP contribution < -0.4 is 10.6 Å². The Hall–Kier alpha value is -2.36. The first-order chi connectivity index (χ1) is 10.4. The zero-order chi connectivity index (χ0) is 16.0. The predicted molar refractivity (Wildman–Crippen MR) is 91.0 cm³/mol. The van der Waals surface area contributed by atoms with Crippen molar-refractivity contribution in [2.45, 2.75) is 27.2 Å². The van der Waals surface area contributed by atoms with Gasteiger partial charge in [-0.05, 0) is 24.1 Å². The van der Waals surface area contributed by atoms with E-state index in [0.717, 1.165) is 18.7 Å². The highest BCUT2D eigenvalue weighted by molar-refractivity contribution is 5.93. The van der Waals surface area contributed by atoms with E-state index in [2.05, 4.69) is 27.8 Å². The van der Waals surface area contributed by atoms with Crippen molar-refractivity contribution in [2.75, 3.05) is 17.2 Å². The monoisotopic (exact) mass is 297 g/mol. The molecule has 0 atom stereocenters. The lowest BCUT2D eigenvalue weighted by Gasteiger charge is -2.17. The molecule has 0 bridgehead atoms. The Morgan fingerprint density at radius 3 is 2.41 bits per heavy atom. The second-order valence-corrected chi connectivity index (χ2v) is 6.30. The van der Waals surface area contributed by atoms with Crippen molar-refractivity contribution in [3.8, 4) is 0 Å². The fourth-order valence-electron chi connectivity index (χ4n) is 1.87. The summed E-state index contributed by atoms with van der Waals surface area (Å²) in [6, 6.07) is 14.1. The summed E-state index contributed by atoms with van der Waals surface area (Å²) in [5.41, 5.74) is 1.83. The molecule has 1 amide bonds. The molecule has 0 unspecified atom stereocenters. The van der Waals surface area contributed by atoms with Gasteiger partial charge in [0.25, 0.3) is 0 Å². The molecule has 2 aromatic rings. The molecule has 0 saturated carbocycles. The molecule has 0 aliphatic heterocycles. The Morgan fingerprint density at radius 2 is 1.82 bits per heavy atom. The van der Waals surface area contributed by atoms with Crippen LogP contribution in [0.15, 0.2) is 48.7 Å². The summed E-state index contributed by atoms with van der Waals surface area (Å²) in [6.07, 6.45) is 2.70. The molecule has 2 N–H and O–H groups in total. The van der Waals surface area contributed by atoms with Crippen LogP contribution >= 0.6 is 0 Å². The van der Waals surface area contributed by atoms with Gasteiger partial charge in [-0.15, -0.1) is 0 Å². The van der Waals surface area contributed by atoms with E-state index < -0.39 is 5.41 Å². The Labute approximate surface area is 132 Å². The van der Waals surface area contributed by atoms with Crippen LogP contribution in [0.1, 0.15) is 26.3 Å². The number of hydrogen-bond acceptors (Lipinski definition) is 3. The van der Waals surface area contributed by atoms with Gasteiger partial charge >= 0.3 is 0 Å². The van der Waals surface area contributed by atoms with Gasteiger partial charge in [0.15, 0.2) is 0 Å². The molecule has 0 saturated heterocycles. The summed E-state index contributed by atoms with van der Waals surface area (Å²) in [6.45, 7) is 6.48. The third-order valence-corrected chi connectivity index (χ3v) is 3.27. The van der Waals surface area contributed by atoms with Crippen LogP contribution in [0.5, 0.6) is 0 Å². The minimum atomic E-state index is -0.422. The SMILES string of the molecule is CC(C)(C)C(=O)Nc1ccc(NCCc2ccccc2)cn1. The fourth-order valence-corrected chi connectivity index (χ4v) is 1.87. The molecule has 0 aliphatic rings. The molecule has 0 spiro atoms. The lowest BCUT2D eigenvalue weighted by atomic mass is 9.96. The summed E-state index contributed by atoms with van der Waals surface area (Å²) in [5, 5.41) is 6.14. The van der Waals surface area contributed by atoms with Gasteiger partial charge in [-0.3, -0.25) is 4.79 Å². The molecule has 0 fully saturated rings. The van der Waals surface area contributed by atoms with Gasteiger partial charge in [0.1, 0.15) is 5.82 Å². The third kappa shape index (κ3) is 4.88. The zero-order valence-corrected chi connectivity index (χ0v) is 13.4. The maximum Gasteiger partial charge on any atom is 0.230 e. The van der Waals surface area contributed by atoms with E-state index in [4.69, 9.17) is 0 Å². The fraction of sp³-hybridized carbons (Fsp3) is 0.333. The van der Waals surface area contributed by atoms with E-state index in [-0.39, 0.29) is 5.91 Å². The smallest absolute Gasteiger partial charge is 0.230 e. The number of nitrogens with one attached hydrogen (secondary N) is 2. The van der Waals surface area contributed by atoms with Crippen molar-refractivity contribution in [3.05, 3.63) is 54.2 Å². The van der Waals surface area contributed by atoms with Gasteiger partial charge in [-0.2, -0.15) is 0 Å². The van der Waals surface area contributed by atoms with E-state index in [1.54, 1.807) is 6.20 Å². The summed E-state index contributed by atoms with van der Waals surface area (Å²) in [5.74, 6) is 0.540. The standard InChI is InChI=1S/C18H23N3O/c1-18(2,3)17(22)21-16-10-9-15(13-20-16)19-12-11-14-7-5-4-6-8-14/h4-10,13,19H,11-12H2,1-3H3,(H,20,21,22). The summed E-state index contributed by atoms with van der Waals surface area (Å²) < 4.78 is 0. The maximum absolute atomic E-state index is 11.9. The molecule has 2 rings (SSSR count). The van der Waals surface area contributed by atoms with Crippen molar-refractivity contribution >= 4 is 17.4 Å². The molecule has 0 aliphatic carbocycles. The normalized spacial score (nSPS) is 11.0. The third-order valence-electron chi connectivity index (χ3n) is 3.27. The summed E-state index contributed by atoms with van der Waals surface area (Å²) in [4.78, 5) is 16.1. The van der Waals surface area contributed by atoms with Crippen molar-refractivity contribution in [1.82, 2.24) is 4.98 Å². The average molecular weight is 297 g/mol. The van der Waals surface area contributed by atoms with E-state index in [0.29, 0.717) is 5.82 Å². The number of carbonyl (C=O) groups excluding carboxylic acids is 1. The first kappa shape index (κ1) is 16.0. The van der Waals surface area contributed by atoms with Crippen LogP contribution in [0.2, 0.25) is 0 Å². The van der Waals surface area contributed by atoms with Gasteiger partial charge in [0, 0.05) is 12.0 Å². The Balaban J connectivity index is 1.83. The molecular weight excluding hydrogens is 274 g/mol. The lowest BCUT2D eigenvalue weighted by molar-refractivity contribution is -0.123. The molecule has 0 radical (unpaired) electrons. The first-order valence-electron chi connectivity index (χ1n) is 7.50. The zero-order valence-electron chi connectivity index (χ0n) is 13.4. The van der Waals surface area contributed by atoms with Crippen LogP contribution in [0.25, 0.3) is 0 Å². The van der Waals surface area contributed by atoms with Gasteiger partial charge in [-0.25, -0.2) is 4.98 Å². The van der Waals surface area contributed by atoms with Crippen LogP contribution in [0.4, 0.5) is 11.5 Å². The lowest BCUT2D eigenvalue weighted by Crippen LogP contribution is -2.27. The summed E-state index contributed by atoms with van der Waals surface area (Å²) >= 11 is 0. The molecule has 1 aromatic carbocycles. The van der Waals surface area contributed by atoms with Crippen LogP contribution in [-0.4, -0.2) is 17.4 Å². The number of hydrogen-bond donors (Lipinski definition) is 2. The second-order valence-electron chi connectivity index (χ2n) is 6.30. The van der Waals surface area contributed by atoms with Crippen molar-refractivity contribution in [3.63, 3.8) is 0 Å². The number of benzene rings is 1. The minimum Gasteiger partial charge on any atom is -0.383 e. The molecule has 22 heavy (non-hydrogen) atoms. The number of carbonyl (C=O) groups is 1. The first-order valence-corrected chi connectivity index (χ1v) is 7.50. The number of pyridine rings is 1. The number of aromatic nitrogens is 1. The van der Waals surface area contributed by atoms with Crippen LogP contribution in [-0.2, 0) is 11.2 Å². The number of anilines is 2. The van der Waals surface area contributed by atoms with Crippen molar-refractivity contribution in [2.24, 2.45) is 5.41 Å². The molecule has 4 nitrogen and oxygen atoms in total. The highest BCUT2D eigenvalue weighted by Gasteiger charge is 2.21. The number of amides is 1. The van der Waals surface area contributed by atoms with Crippen LogP contribution in [0, 0.1) is 5.41 Å². The topological polar surface area (TPSA) is 54.0 Å². The number of nitrogens with zero attached hydrogens (tertiary/aromatic N) is 1.